The molecule has 2 fully saturated rings. The smallest absolute Gasteiger partial charge is 0.416 e. The van der Waals surface area contributed by atoms with Gasteiger partial charge in [0.05, 0.1) is 42.5 Å². The molecule has 0 spiro atoms. The number of imidazole rings is 1. The molecule has 222 valence electrons. The second-order valence-corrected chi connectivity index (χ2v) is 11.8. The van der Waals surface area contributed by atoms with Crippen molar-refractivity contribution < 1.29 is 27.4 Å². The molecule has 0 bridgehead atoms. The summed E-state index contributed by atoms with van der Waals surface area (Å²) in [4.78, 5) is 23.8. The molecule has 5 rings (SSSR count). The molecule has 1 amide bonds. The quantitative estimate of drug-likeness (QED) is 0.403. The van der Waals surface area contributed by atoms with E-state index in [0.717, 1.165) is 54.8 Å². The number of hydrogen-bond donors (Lipinski definition) is 0. The van der Waals surface area contributed by atoms with Crippen LogP contribution in [0.3, 0.4) is 0 Å². The van der Waals surface area contributed by atoms with E-state index in [4.69, 9.17) is 14.5 Å². The van der Waals surface area contributed by atoms with Crippen LogP contribution in [0.2, 0.25) is 0 Å². The highest BCUT2D eigenvalue weighted by Gasteiger charge is 2.33. The first-order chi connectivity index (χ1) is 19.4. The Balaban J connectivity index is 1.49. The van der Waals surface area contributed by atoms with Crippen LogP contribution >= 0.6 is 0 Å². The Morgan fingerprint density at radius 2 is 1.80 bits per heavy atom. The highest BCUT2D eigenvalue weighted by Crippen LogP contribution is 2.34. The summed E-state index contributed by atoms with van der Waals surface area (Å²) in [5.74, 6) is 0. The molecule has 2 aromatic heterocycles. The minimum atomic E-state index is -4.43. The largest absolute Gasteiger partial charge is 0.444 e. The summed E-state index contributed by atoms with van der Waals surface area (Å²) in [7, 11) is 0. The molecule has 4 heterocycles. The highest BCUT2D eigenvalue weighted by molar-refractivity contribution is 5.68. The second-order valence-electron chi connectivity index (χ2n) is 11.8. The lowest BCUT2D eigenvalue weighted by molar-refractivity contribution is -0.138. The minimum absolute atomic E-state index is 0.222. The average molecular weight is 574 g/mol. The Morgan fingerprint density at radius 1 is 1.05 bits per heavy atom. The van der Waals surface area contributed by atoms with Gasteiger partial charge in [-0.2, -0.15) is 13.2 Å². The van der Waals surface area contributed by atoms with E-state index < -0.39 is 17.3 Å². The lowest BCUT2D eigenvalue weighted by Gasteiger charge is -2.36. The maximum absolute atomic E-state index is 13.7. The van der Waals surface area contributed by atoms with Crippen molar-refractivity contribution in [3.63, 3.8) is 0 Å². The van der Waals surface area contributed by atoms with E-state index in [-0.39, 0.29) is 11.7 Å². The van der Waals surface area contributed by atoms with Crippen LogP contribution in [0.1, 0.15) is 55.3 Å². The number of aromatic nitrogens is 2. The summed E-state index contributed by atoms with van der Waals surface area (Å²) < 4.78 is 54.3. The number of benzene rings is 1. The van der Waals surface area contributed by atoms with Gasteiger partial charge in [0, 0.05) is 45.3 Å². The van der Waals surface area contributed by atoms with E-state index in [2.05, 4.69) is 9.80 Å². The lowest BCUT2D eigenvalue weighted by atomic mass is 9.97. The summed E-state index contributed by atoms with van der Waals surface area (Å²) in [5.41, 5.74) is 2.99. The number of fused-ring (bicyclic) bond motifs is 1. The standard InChI is InChI=1S/C30H38F3N5O3/c1-21-22(7-5-8-24(21)30(31,32)33)17-26-25(19-35-11-6-12-37(20-35)28(39)41-29(2,3)4)34-27-10-9-23(18-38(26)27)36-13-15-40-16-14-36/h5,7-10,18H,6,11-17,19-20H2,1-4H3. The SMILES string of the molecule is Cc1c(Cc2c(CN3CCCN(C(=O)OC(C)(C)C)C3)nc3ccc(N4CCOCC4)cn23)cccc1C(F)(F)F. The van der Waals surface area contributed by atoms with Crippen molar-refractivity contribution in [1.82, 2.24) is 19.2 Å². The Bertz CT molecular complexity index is 1390. The van der Waals surface area contributed by atoms with Crippen LogP contribution < -0.4 is 4.90 Å². The summed E-state index contributed by atoms with van der Waals surface area (Å²) in [6, 6.07) is 8.34. The molecule has 0 saturated carbocycles. The first-order valence-electron chi connectivity index (χ1n) is 14.1. The van der Waals surface area contributed by atoms with E-state index in [9.17, 15) is 18.0 Å². The Kier molecular flexibility index (Phi) is 8.20. The van der Waals surface area contributed by atoms with Gasteiger partial charge in [-0.15, -0.1) is 0 Å². The van der Waals surface area contributed by atoms with E-state index >= 15 is 0 Å². The van der Waals surface area contributed by atoms with Gasteiger partial charge in [0.15, 0.2) is 0 Å². The summed E-state index contributed by atoms with van der Waals surface area (Å²) in [6.45, 7) is 12.1. The van der Waals surface area contributed by atoms with Gasteiger partial charge < -0.3 is 18.8 Å². The Hall–Kier alpha value is -3.31. The van der Waals surface area contributed by atoms with E-state index in [0.29, 0.717) is 45.0 Å². The summed E-state index contributed by atoms with van der Waals surface area (Å²) in [5, 5.41) is 0. The number of alkyl halides is 3. The number of morpholine rings is 1. The van der Waals surface area contributed by atoms with Gasteiger partial charge in [-0.1, -0.05) is 12.1 Å². The molecule has 0 N–H and O–H groups in total. The predicted octanol–water partition coefficient (Wildman–Crippen LogP) is 5.49. The maximum Gasteiger partial charge on any atom is 0.416 e. The summed E-state index contributed by atoms with van der Waals surface area (Å²) >= 11 is 0. The maximum atomic E-state index is 13.7. The molecule has 0 radical (unpaired) electrons. The molecule has 1 aromatic carbocycles. The zero-order valence-corrected chi connectivity index (χ0v) is 24.1. The molecule has 3 aromatic rings. The van der Waals surface area contributed by atoms with Crippen molar-refractivity contribution in [3.8, 4) is 0 Å². The number of anilines is 1. The number of ether oxygens (including phenoxy) is 2. The molecule has 2 aliphatic heterocycles. The first-order valence-corrected chi connectivity index (χ1v) is 14.1. The first kappa shape index (κ1) is 29.2. The summed E-state index contributed by atoms with van der Waals surface area (Å²) in [6.07, 6.45) is -1.67. The van der Waals surface area contributed by atoms with E-state index in [1.54, 1.807) is 11.0 Å². The topological polar surface area (TPSA) is 62.5 Å². The van der Waals surface area contributed by atoms with Crippen molar-refractivity contribution in [2.24, 2.45) is 0 Å². The van der Waals surface area contributed by atoms with Gasteiger partial charge in [0.1, 0.15) is 11.2 Å². The monoisotopic (exact) mass is 573 g/mol. The number of hydrogen-bond acceptors (Lipinski definition) is 6. The van der Waals surface area contributed by atoms with Crippen LogP contribution in [0.25, 0.3) is 5.65 Å². The fourth-order valence-electron chi connectivity index (χ4n) is 5.50. The highest BCUT2D eigenvalue weighted by atomic mass is 19.4. The lowest BCUT2D eigenvalue weighted by Crippen LogP contribution is -2.48. The van der Waals surface area contributed by atoms with Gasteiger partial charge in [-0.05, 0) is 63.4 Å². The fraction of sp³-hybridized carbons (Fsp3) is 0.533. The number of pyridine rings is 1. The van der Waals surface area contributed by atoms with Crippen molar-refractivity contribution in [3.05, 3.63) is 64.6 Å². The van der Waals surface area contributed by atoms with Crippen molar-refractivity contribution in [1.29, 1.82) is 0 Å². The molecule has 0 unspecified atom stereocenters. The third kappa shape index (κ3) is 6.78. The van der Waals surface area contributed by atoms with Crippen molar-refractivity contribution in [2.45, 2.75) is 58.9 Å². The number of carbonyl (C=O) groups is 1. The van der Waals surface area contributed by atoms with Crippen LogP contribution in [0, 0.1) is 6.92 Å². The normalized spacial score (nSPS) is 17.3. The molecule has 41 heavy (non-hydrogen) atoms. The molecule has 2 aliphatic rings. The number of halogens is 3. The zero-order valence-electron chi connectivity index (χ0n) is 24.1. The van der Waals surface area contributed by atoms with Crippen LogP contribution in [0.4, 0.5) is 23.7 Å². The fourth-order valence-corrected chi connectivity index (χ4v) is 5.50. The molecule has 11 heteroatoms. The molecular formula is C30H38F3N5O3. The third-order valence-corrected chi connectivity index (χ3v) is 7.57. The van der Waals surface area contributed by atoms with Crippen molar-refractivity contribution >= 4 is 17.4 Å². The number of rotatable bonds is 5. The van der Waals surface area contributed by atoms with Gasteiger partial charge in [0.2, 0.25) is 0 Å². The van der Waals surface area contributed by atoms with Crippen LogP contribution in [-0.4, -0.2) is 76.9 Å². The van der Waals surface area contributed by atoms with E-state index in [1.165, 1.54) is 13.0 Å². The van der Waals surface area contributed by atoms with Crippen LogP contribution in [0.5, 0.6) is 0 Å². The van der Waals surface area contributed by atoms with Crippen molar-refractivity contribution in [2.75, 3.05) is 51.0 Å². The third-order valence-electron chi connectivity index (χ3n) is 7.57. The Morgan fingerprint density at radius 3 is 2.51 bits per heavy atom. The molecule has 0 aliphatic carbocycles. The minimum Gasteiger partial charge on any atom is -0.444 e. The number of nitrogens with zero attached hydrogens (tertiary/aromatic N) is 5. The van der Waals surface area contributed by atoms with Gasteiger partial charge in [-0.3, -0.25) is 9.80 Å². The zero-order chi connectivity index (χ0) is 29.4. The van der Waals surface area contributed by atoms with Gasteiger partial charge >= 0.3 is 12.3 Å². The van der Waals surface area contributed by atoms with Gasteiger partial charge in [0.25, 0.3) is 0 Å². The molecule has 2 saturated heterocycles. The Labute approximate surface area is 238 Å². The van der Waals surface area contributed by atoms with E-state index in [1.807, 2.05) is 43.5 Å². The molecular weight excluding hydrogens is 535 g/mol. The average Bonchev–Trinajstić information content (AvgIpc) is 3.24. The second kappa shape index (κ2) is 11.5. The van der Waals surface area contributed by atoms with Gasteiger partial charge in [-0.25, -0.2) is 9.78 Å². The molecule has 0 atom stereocenters. The molecule has 8 nitrogen and oxygen atoms in total. The number of amides is 1. The number of carbonyl (C=O) groups excluding carboxylic acids is 1. The van der Waals surface area contributed by atoms with Crippen LogP contribution in [-0.2, 0) is 28.6 Å². The van der Waals surface area contributed by atoms with Crippen LogP contribution in [0.15, 0.2) is 36.5 Å². The predicted molar refractivity (Wildman–Crippen MR) is 150 cm³/mol.